The fourth-order valence-electron chi connectivity index (χ4n) is 3.24. The Morgan fingerprint density at radius 3 is 2.07 bits per heavy atom. The zero-order valence-corrected chi connectivity index (χ0v) is 9.29. The summed E-state index contributed by atoms with van der Waals surface area (Å²) in [6, 6.07) is 0. The largest absolute Gasteiger partial charge is 0.396 e. The third-order valence-electron chi connectivity index (χ3n) is 4.76. The second kappa shape index (κ2) is 3.21. The molecule has 2 unspecified atom stereocenters. The Bertz CT molecular complexity index is 214. The zero-order valence-electron chi connectivity index (χ0n) is 9.29. The maximum atomic E-state index is 10.6. The fourth-order valence-corrected chi connectivity index (χ4v) is 3.24. The van der Waals surface area contributed by atoms with E-state index in [2.05, 4.69) is 13.8 Å². The molecule has 82 valence electrons. The molecule has 0 aromatic heterocycles. The molecule has 0 amide bonds. The van der Waals surface area contributed by atoms with Crippen molar-refractivity contribution in [1.29, 1.82) is 0 Å². The molecule has 0 bridgehead atoms. The maximum absolute atomic E-state index is 10.6. The lowest BCUT2D eigenvalue weighted by atomic mass is 9.70. The first-order valence-electron chi connectivity index (χ1n) is 5.87. The molecule has 2 heteroatoms. The number of hydrogen-bond donors (Lipinski definition) is 2. The Labute approximate surface area is 86.3 Å². The SMILES string of the molecule is CC1CCC(O)(C2(CO)CC2C)CC1. The highest BCUT2D eigenvalue weighted by atomic mass is 16.3. The van der Waals surface area contributed by atoms with Crippen LogP contribution in [0.1, 0.15) is 46.0 Å². The third-order valence-corrected chi connectivity index (χ3v) is 4.76. The summed E-state index contributed by atoms with van der Waals surface area (Å²) >= 11 is 0. The van der Waals surface area contributed by atoms with Crippen LogP contribution in [0.15, 0.2) is 0 Å². The predicted molar refractivity (Wildman–Crippen MR) is 55.9 cm³/mol. The molecule has 0 heterocycles. The lowest BCUT2D eigenvalue weighted by Crippen LogP contribution is -2.45. The molecule has 2 aliphatic rings. The number of rotatable bonds is 2. The summed E-state index contributed by atoms with van der Waals surface area (Å²) < 4.78 is 0. The Morgan fingerprint density at radius 1 is 1.21 bits per heavy atom. The second-order valence-electron chi connectivity index (χ2n) is 5.63. The van der Waals surface area contributed by atoms with Gasteiger partial charge in [0.25, 0.3) is 0 Å². The molecule has 2 rings (SSSR count). The van der Waals surface area contributed by atoms with Crippen LogP contribution in [-0.4, -0.2) is 22.4 Å². The van der Waals surface area contributed by atoms with Crippen LogP contribution in [0, 0.1) is 17.3 Å². The van der Waals surface area contributed by atoms with Crippen molar-refractivity contribution in [1.82, 2.24) is 0 Å². The van der Waals surface area contributed by atoms with E-state index in [4.69, 9.17) is 0 Å². The molecular formula is C12H22O2. The Morgan fingerprint density at radius 2 is 1.71 bits per heavy atom. The van der Waals surface area contributed by atoms with Gasteiger partial charge in [0.15, 0.2) is 0 Å². The first-order valence-corrected chi connectivity index (χ1v) is 5.87. The van der Waals surface area contributed by atoms with Crippen LogP contribution in [0.2, 0.25) is 0 Å². The van der Waals surface area contributed by atoms with Crippen molar-refractivity contribution in [3.8, 4) is 0 Å². The summed E-state index contributed by atoms with van der Waals surface area (Å²) in [6.07, 6.45) is 5.02. The number of aliphatic hydroxyl groups is 2. The van der Waals surface area contributed by atoms with Crippen LogP contribution < -0.4 is 0 Å². The van der Waals surface area contributed by atoms with Crippen LogP contribution in [-0.2, 0) is 0 Å². The van der Waals surface area contributed by atoms with Gasteiger partial charge in [-0.15, -0.1) is 0 Å². The van der Waals surface area contributed by atoms with Crippen LogP contribution in [0.5, 0.6) is 0 Å². The van der Waals surface area contributed by atoms with Gasteiger partial charge in [0.05, 0.1) is 12.2 Å². The predicted octanol–water partition coefficient (Wildman–Crippen LogP) is 1.95. The van der Waals surface area contributed by atoms with Crippen LogP contribution in [0.25, 0.3) is 0 Å². The van der Waals surface area contributed by atoms with E-state index in [0.717, 1.165) is 38.0 Å². The summed E-state index contributed by atoms with van der Waals surface area (Å²) in [4.78, 5) is 0. The van der Waals surface area contributed by atoms with Crippen molar-refractivity contribution < 1.29 is 10.2 Å². The average molecular weight is 198 g/mol. The topological polar surface area (TPSA) is 40.5 Å². The van der Waals surface area contributed by atoms with Gasteiger partial charge in [-0.25, -0.2) is 0 Å². The molecule has 0 aromatic rings. The van der Waals surface area contributed by atoms with Crippen LogP contribution >= 0.6 is 0 Å². The minimum absolute atomic E-state index is 0.146. The van der Waals surface area contributed by atoms with E-state index in [-0.39, 0.29) is 12.0 Å². The Kier molecular flexibility index (Phi) is 2.39. The highest BCUT2D eigenvalue weighted by Crippen LogP contribution is 2.62. The quantitative estimate of drug-likeness (QED) is 0.712. The molecule has 2 nitrogen and oxygen atoms in total. The molecule has 2 aliphatic carbocycles. The van der Waals surface area contributed by atoms with E-state index in [1.54, 1.807) is 0 Å². The molecule has 2 saturated carbocycles. The molecule has 14 heavy (non-hydrogen) atoms. The van der Waals surface area contributed by atoms with E-state index in [1.165, 1.54) is 0 Å². The van der Waals surface area contributed by atoms with Gasteiger partial charge in [0, 0.05) is 5.41 Å². The van der Waals surface area contributed by atoms with Crippen molar-refractivity contribution in [3.05, 3.63) is 0 Å². The van der Waals surface area contributed by atoms with Gasteiger partial charge in [-0.2, -0.15) is 0 Å². The molecule has 2 N–H and O–H groups in total. The minimum atomic E-state index is -0.562. The van der Waals surface area contributed by atoms with Gasteiger partial charge in [-0.1, -0.05) is 13.8 Å². The molecule has 0 aliphatic heterocycles. The van der Waals surface area contributed by atoms with Crippen molar-refractivity contribution >= 4 is 0 Å². The van der Waals surface area contributed by atoms with Gasteiger partial charge in [0.1, 0.15) is 0 Å². The molecule has 0 radical (unpaired) electrons. The van der Waals surface area contributed by atoms with Crippen molar-refractivity contribution in [2.75, 3.05) is 6.61 Å². The molecule has 0 aromatic carbocycles. The molecular weight excluding hydrogens is 176 g/mol. The van der Waals surface area contributed by atoms with Gasteiger partial charge < -0.3 is 10.2 Å². The Hall–Kier alpha value is -0.0800. The summed E-state index contributed by atoms with van der Waals surface area (Å²) in [6.45, 7) is 4.56. The average Bonchev–Trinajstić information content (AvgIpc) is 2.84. The van der Waals surface area contributed by atoms with Crippen LogP contribution in [0.4, 0.5) is 0 Å². The van der Waals surface area contributed by atoms with Crippen LogP contribution in [0.3, 0.4) is 0 Å². The smallest absolute Gasteiger partial charge is 0.0728 e. The second-order valence-corrected chi connectivity index (χ2v) is 5.63. The fraction of sp³-hybridized carbons (Fsp3) is 1.00. The van der Waals surface area contributed by atoms with E-state index >= 15 is 0 Å². The molecule has 2 atom stereocenters. The van der Waals surface area contributed by atoms with E-state index in [0.29, 0.717) is 5.92 Å². The highest BCUT2D eigenvalue weighted by Gasteiger charge is 2.63. The standard InChI is InChI=1S/C12H22O2/c1-9-3-5-12(14,6-4-9)11(8-13)7-10(11)2/h9-10,13-14H,3-8H2,1-2H3. The summed E-state index contributed by atoms with van der Waals surface area (Å²) in [7, 11) is 0. The van der Waals surface area contributed by atoms with E-state index in [1.807, 2.05) is 0 Å². The van der Waals surface area contributed by atoms with Gasteiger partial charge >= 0.3 is 0 Å². The normalized spacial score (nSPS) is 53.1. The summed E-state index contributed by atoms with van der Waals surface area (Å²) in [5, 5.41) is 20.0. The zero-order chi connectivity index (χ0) is 10.4. The first-order chi connectivity index (χ1) is 6.54. The summed E-state index contributed by atoms with van der Waals surface area (Å²) in [5.74, 6) is 1.26. The summed E-state index contributed by atoms with van der Waals surface area (Å²) in [5.41, 5.74) is -0.708. The first kappa shape index (κ1) is 10.4. The van der Waals surface area contributed by atoms with Gasteiger partial charge in [-0.3, -0.25) is 0 Å². The van der Waals surface area contributed by atoms with E-state index in [9.17, 15) is 10.2 Å². The highest BCUT2D eigenvalue weighted by molar-refractivity contribution is 5.13. The van der Waals surface area contributed by atoms with Gasteiger partial charge in [0.2, 0.25) is 0 Å². The number of aliphatic hydroxyl groups excluding tert-OH is 1. The van der Waals surface area contributed by atoms with Crippen molar-refractivity contribution in [2.45, 2.75) is 51.6 Å². The third kappa shape index (κ3) is 1.31. The lowest BCUT2D eigenvalue weighted by Gasteiger charge is -2.41. The maximum Gasteiger partial charge on any atom is 0.0728 e. The minimum Gasteiger partial charge on any atom is -0.396 e. The monoisotopic (exact) mass is 198 g/mol. The van der Waals surface area contributed by atoms with Crippen molar-refractivity contribution in [3.63, 3.8) is 0 Å². The molecule has 2 fully saturated rings. The number of hydrogen-bond acceptors (Lipinski definition) is 2. The lowest BCUT2D eigenvalue weighted by molar-refractivity contribution is -0.0934. The van der Waals surface area contributed by atoms with Gasteiger partial charge in [-0.05, 0) is 43.9 Å². The molecule has 0 spiro atoms. The Balaban J connectivity index is 2.09. The van der Waals surface area contributed by atoms with Crippen molar-refractivity contribution in [2.24, 2.45) is 17.3 Å². The van der Waals surface area contributed by atoms with E-state index < -0.39 is 5.60 Å². The molecule has 0 saturated heterocycles.